The molecule has 0 aliphatic rings. The van der Waals surface area contributed by atoms with Crippen LogP contribution in [0.3, 0.4) is 0 Å². The number of nitrogen functional groups attached to an aromatic ring is 1. The van der Waals surface area contributed by atoms with Gasteiger partial charge in [-0.3, -0.25) is 0 Å². The Labute approximate surface area is 124 Å². The zero-order valence-electron chi connectivity index (χ0n) is 11.5. The Morgan fingerprint density at radius 1 is 1.20 bits per heavy atom. The van der Waals surface area contributed by atoms with E-state index in [0.29, 0.717) is 6.61 Å². The maximum absolute atomic E-state index is 5.87. The number of aryl methyl sites for hydroxylation is 1. The molecule has 1 heterocycles. The first-order valence-electron chi connectivity index (χ1n) is 6.57. The molecule has 0 fully saturated rings. The molecule has 3 nitrogen and oxygen atoms in total. The quantitative estimate of drug-likeness (QED) is 0.592. The van der Waals surface area contributed by atoms with Gasteiger partial charge in [0.05, 0.1) is 0 Å². The number of benzene rings is 2. The van der Waals surface area contributed by atoms with Gasteiger partial charge in [0.1, 0.15) is 0 Å². The van der Waals surface area contributed by atoms with Gasteiger partial charge in [0.25, 0.3) is 0 Å². The van der Waals surface area contributed by atoms with E-state index in [1.54, 1.807) is 0 Å². The second kappa shape index (κ2) is 5.31. The van der Waals surface area contributed by atoms with E-state index in [2.05, 4.69) is 18.2 Å². The van der Waals surface area contributed by atoms with Crippen LogP contribution >= 0.6 is 0 Å². The van der Waals surface area contributed by atoms with Crippen LogP contribution in [0.25, 0.3) is 19.9 Å². The molecule has 0 bridgehead atoms. The SMILES string of the molecule is CCOc1ccc2nc(-c3ccc(N)c(C)c3)[se]c2c1. The Morgan fingerprint density at radius 3 is 2.80 bits per heavy atom. The summed E-state index contributed by atoms with van der Waals surface area (Å²) >= 11 is 0.227. The fraction of sp³-hybridized carbons (Fsp3) is 0.188. The standard InChI is InChI=1S/C16H16N2OSe/c1-3-19-12-5-7-14-15(9-12)20-16(18-14)11-4-6-13(17)10(2)8-11/h4-9H,3,17H2,1-2H3. The van der Waals surface area contributed by atoms with Crippen molar-refractivity contribution in [3.05, 3.63) is 42.0 Å². The van der Waals surface area contributed by atoms with E-state index in [1.807, 2.05) is 32.0 Å². The third kappa shape index (κ3) is 2.45. The number of fused-ring (bicyclic) bond motifs is 1. The van der Waals surface area contributed by atoms with Gasteiger partial charge in [-0.05, 0) is 0 Å². The predicted octanol–water partition coefficient (Wildman–Crippen LogP) is 3.25. The van der Waals surface area contributed by atoms with Crippen molar-refractivity contribution in [2.45, 2.75) is 13.8 Å². The molecule has 3 rings (SSSR count). The first-order valence-corrected chi connectivity index (χ1v) is 8.28. The first-order chi connectivity index (χ1) is 9.67. The number of hydrogen-bond acceptors (Lipinski definition) is 3. The average molecular weight is 331 g/mol. The van der Waals surface area contributed by atoms with Gasteiger partial charge in [-0.25, -0.2) is 0 Å². The van der Waals surface area contributed by atoms with Crippen LogP contribution in [0.15, 0.2) is 36.4 Å². The molecule has 0 aliphatic carbocycles. The summed E-state index contributed by atoms with van der Waals surface area (Å²) in [4.78, 5) is 4.74. The van der Waals surface area contributed by atoms with Crippen molar-refractivity contribution in [3.8, 4) is 15.9 Å². The van der Waals surface area contributed by atoms with Gasteiger partial charge in [0, 0.05) is 0 Å². The zero-order valence-corrected chi connectivity index (χ0v) is 13.2. The Hall–Kier alpha value is -1.77. The van der Waals surface area contributed by atoms with Gasteiger partial charge in [-0.15, -0.1) is 0 Å². The fourth-order valence-electron chi connectivity index (χ4n) is 2.09. The van der Waals surface area contributed by atoms with Crippen LogP contribution in [0.4, 0.5) is 5.69 Å². The second-order valence-corrected chi connectivity index (χ2v) is 6.82. The number of nitrogens with zero attached hydrogens (tertiary/aromatic N) is 1. The van der Waals surface area contributed by atoms with Gasteiger partial charge >= 0.3 is 124 Å². The Morgan fingerprint density at radius 2 is 2.05 bits per heavy atom. The molecule has 0 spiro atoms. The molecule has 102 valence electrons. The van der Waals surface area contributed by atoms with E-state index in [4.69, 9.17) is 15.5 Å². The summed E-state index contributed by atoms with van der Waals surface area (Å²) in [5.74, 6) is 0.929. The molecule has 0 amide bonds. The summed E-state index contributed by atoms with van der Waals surface area (Å²) < 4.78 is 7.99. The van der Waals surface area contributed by atoms with E-state index >= 15 is 0 Å². The zero-order chi connectivity index (χ0) is 14.1. The normalized spacial score (nSPS) is 10.9. The number of hydrogen-bond donors (Lipinski definition) is 1. The van der Waals surface area contributed by atoms with Crippen molar-refractivity contribution in [1.29, 1.82) is 0 Å². The van der Waals surface area contributed by atoms with E-state index in [-0.39, 0.29) is 14.5 Å². The van der Waals surface area contributed by atoms with Crippen LogP contribution in [0.5, 0.6) is 5.75 Å². The molecule has 3 aromatic rings. The van der Waals surface area contributed by atoms with E-state index in [9.17, 15) is 0 Å². The van der Waals surface area contributed by atoms with E-state index in [1.165, 1.54) is 9.82 Å². The van der Waals surface area contributed by atoms with Crippen LogP contribution < -0.4 is 10.5 Å². The summed E-state index contributed by atoms with van der Waals surface area (Å²) in [5, 5.41) is 0. The molecule has 0 saturated carbocycles. The molecule has 4 heteroatoms. The second-order valence-electron chi connectivity index (χ2n) is 4.65. The molecule has 0 aliphatic heterocycles. The van der Waals surface area contributed by atoms with Crippen molar-refractivity contribution < 1.29 is 4.74 Å². The summed E-state index contributed by atoms with van der Waals surface area (Å²) in [6.45, 7) is 4.72. The average Bonchev–Trinajstić information content (AvgIpc) is 2.85. The predicted molar refractivity (Wildman–Crippen MR) is 84.4 cm³/mol. The molecule has 2 N–H and O–H groups in total. The van der Waals surface area contributed by atoms with Crippen LogP contribution in [0.2, 0.25) is 0 Å². The van der Waals surface area contributed by atoms with Gasteiger partial charge in [0.15, 0.2) is 0 Å². The molecule has 0 radical (unpaired) electrons. The van der Waals surface area contributed by atoms with Gasteiger partial charge in [-0.2, -0.15) is 0 Å². The van der Waals surface area contributed by atoms with Gasteiger partial charge in [-0.1, -0.05) is 0 Å². The first kappa shape index (κ1) is 13.2. The number of nitrogens with two attached hydrogens (primary N) is 1. The summed E-state index contributed by atoms with van der Waals surface area (Å²) in [6, 6.07) is 12.3. The number of aromatic nitrogens is 1. The van der Waals surface area contributed by atoms with E-state index in [0.717, 1.165) is 27.1 Å². The molecule has 0 saturated heterocycles. The third-order valence-corrected chi connectivity index (χ3v) is 5.43. The Bertz CT molecular complexity index is 764. The van der Waals surface area contributed by atoms with Crippen LogP contribution in [0.1, 0.15) is 12.5 Å². The van der Waals surface area contributed by atoms with Gasteiger partial charge in [0.2, 0.25) is 0 Å². The molecule has 0 atom stereocenters. The van der Waals surface area contributed by atoms with E-state index < -0.39 is 0 Å². The molecular formula is C16H16N2OSe. The molecule has 2 aromatic carbocycles. The third-order valence-electron chi connectivity index (χ3n) is 3.19. The Kier molecular flexibility index (Phi) is 3.51. The monoisotopic (exact) mass is 332 g/mol. The summed E-state index contributed by atoms with van der Waals surface area (Å²) in [5.41, 5.74) is 10.0. The van der Waals surface area contributed by atoms with Crippen molar-refractivity contribution in [3.63, 3.8) is 0 Å². The minimum atomic E-state index is 0.227. The molecule has 1 aromatic heterocycles. The van der Waals surface area contributed by atoms with Crippen molar-refractivity contribution >= 4 is 30.0 Å². The minimum absolute atomic E-state index is 0.227. The van der Waals surface area contributed by atoms with Crippen LogP contribution in [0, 0.1) is 6.92 Å². The summed E-state index contributed by atoms with van der Waals surface area (Å²) in [6.07, 6.45) is 0. The number of ether oxygens (including phenoxy) is 1. The number of anilines is 1. The summed E-state index contributed by atoms with van der Waals surface area (Å²) in [7, 11) is 0. The van der Waals surface area contributed by atoms with Gasteiger partial charge < -0.3 is 0 Å². The molecule has 20 heavy (non-hydrogen) atoms. The Balaban J connectivity index is 2.05. The molecule has 0 unspecified atom stereocenters. The van der Waals surface area contributed by atoms with Crippen molar-refractivity contribution in [1.82, 2.24) is 4.98 Å². The van der Waals surface area contributed by atoms with Crippen molar-refractivity contribution in [2.24, 2.45) is 0 Å². The fourth-order valence-corrected chi connectivity index (χ4v) is 4.17. The van der Waals surface area contributed by atoms with Crippen LogP contribution in [-0.2, 0) is 0 Å². The topological polar surface area (TPSA) is 48.1 Å². The van der Waals surface area contributed by atoms with Crippen molar-refractivity contribution in [2.75, 3.05) is 12.3 Å². The molecular weight excluding hydrogens is 315 g/mol. The number of rotatable bonds is 3. The maximum atomic E-state index is 5.87. The van der Waals surface area contributed by atoms with Crippen LogP contribution in [-0.4, -0.2) is 26.1 Å².